The van der Waals surface area contributed by atoms with Gasteiger partial charge in [0.25, 0.3) is 5.54 Å². The number of carboxylic acid groups (broad SMARTS) is 1. The molecule has 86 valence electrons. The van der Waals surface area contributed by atoms with Crippen LogP contribution in [0.25, 0.3) is 4.85 Å². The van der Waals surface area contributed by atoms with Crippen molar-refractivity contribution in [3.05, 3.63) is 45.2 Å². The first kappa shape index (κ1) is 10.8. The maximum atomic E-state index is 11.2. The fraction of sp³-hybridized carbons (Fsp3) is 0.385. The Morgan fingerprint density at radius 3 is 2.65 bits per heavy atom. The minimum atomic E-state index is -0.946. The average molecular weight is 292 g/mol. The Balaban J connectivity index is 2.18. The molecule has 0 saturated heterocycles. The van der Waals surface area contributed by atoms with E-state index in [0.717, 1.165) is 23.7 Å². The van der Waals surface area contributed by atoms with Crippen molar-refractivity contribution in [2.45, 2.75) is 24.8 Å². The zero-order valence-electron chi connectivity index (χ0n) is 9.03. The summed E-state index contributed by atoms with van der Waals surface area (Å²) in [5.41, 5.74) is 0.490. The highest BCUT2D eigenvalue weighted by Gasteiger charge is 2.82. The lowest BCUT2D eigenvalue weighted by Gasteiger charge is -2.09. The molecule has 3 rings (SSSR count). The molecule has 2 aliphatic rings. The molecule has 1 atom stereocenters. The predicted octanol–water partition coefficient (Wildman–Crippen LogP) is 3.45. The van der Waals surface area contributed by atoms with Crippen molar-refractivity contribution in [3.63, 3.8) is 0 Å². The molecule has 3 nitrogen and oxygen atoms in total. The highest BCUT2D eigenvalue weighted by molar-refractivity contribution is 9.10. The molecule has 1 aromatic rings. The van der Waals surface area contributed by atoms with E-state index in [1.54, 1.807) is 18.2 Å². The van der Waals surface area contributed by atoms with Crippen LogP contribution in [0.15, 0.2) is 22.7 Å². The van der Waals surface area contributed by atoms with Crippen LogP contribution in [0, 0.1) is 12.0 Å². The van der Waals surface area contributed by atoms with Crippen LogP contribution in [0.4, 0.5) is 0 Å². The topological polar surface area (TPSA) is 41.7 Å². The number of hydrogen-bond donors (Lipinski definition) is 1. The molecule has 0 radical (unpaired) electrons. The number of benzene rings is 1. The lowest BCUT2D eigenvalue weighted by Crippen LogP contribution is -2.12. The van der Waals surface area contributed by atoms with Crippen molar-refractivity contribution in [2.75, 3.05) is 0 Å². The summed E-state index contributed by atoms with van der Waals surface area (Å²) in [5.74, 6) is -0.946. The number of nitrogens with zero attached hydrogens (tertiary/aromatic N) is 1. The second-order valence-corrected chi connectivity index (χ2v) is 5.84. The molecule has 2 aliphatic carbocycles. The third kappa shape index (κ3) is 1.29. The first-order chi connectivity index (χ1) is 8.05. The van der Waals surface area contributed by atoms with Crippen molar-refractivity contribution in [2.24, 2.45) is 5.41 Å². The van der Waals surface area contributed by atoms with Gasteiger partial charge in [0.1, 0.15) is 0 Å². The van der Waals surface area contributed by atoms with Crippen LogP contribution in [0.1, 0.15) is 35.2 Å². The van der Waals surface area contributed by atoms with Gasteiger partial charge < -0.3 is 9.95 Å². The van der Waals surface area contributed by atoms with Gasteiger partial charge in [0.2, 0.25) is 0 Å². The normalized spacial score (nSPS) is 27.5. The molecule has 4 heteroatoms. The molecule has 0 bridgehead atoms. The molecule has 0 aliphatic heterocycles. The van der Waals surface area contributed by atoms with Gasteiger partial charge in [0.15, 0.2) is 0 Å². The van der Waals surface area contributed by atoms with E-state index in [-0.39, 0.29) is 11.0 Å². The summed E-state index contributed by atoms with van der Waals surface area (Å²) in [6.07, 6.45) is 2.93. The van der Waals surface area contributed by atoms with Crippen LogP contribution < -0.4 is 0 Å². The molecule has 1 spiro atoms. The summed E-state index contributed by atoms with van der Waals surface area (Å²) < 4.78 is 0.836. The largest absolute Gasteiger partial charge is 0.478 e. The SMILES string of the molecule is [C-]#[N+]C1(c2cc(Br)ccc2C(=O)O)CC12CC2. The van der Waals surface area contributed by atoms with Crippen molar-refractivity contribution in [3.8, 4) is 0 Å². The molecule has 1 aromatic carbocycles. The minimum absolute atomic E-state index is 0.0970. The summed E-state index contributed by atoms with van der Waals surface area (Å²) in [4.78, 5) is 15.0. The number of carbonyl (C=O) groups is 1. The highest BCUT2D eigenvalue weighted by atomic mass is 79.9. The Morgan fingerprint density at radius 2 is 2.18 bits per heavy atom. The second kappa shape index (κ2) is 3.11. The zero-order chi connectivity index (χ0) is 12.3. The van der Waals surface area contributed by atoms with Gasteiger partial charge in [-0.25, -0.2) is 11.4 Å². The summed E-state index contributed by atoms with van der Waals surface area (Å²) in [6, 6.07) is 5.10. The Kier molecular flexibility index (Phi) is 1.97. The van der Waals surface area contributed by atoms with E-state index in [1.807, 2.05) is 0 Å². The van der Waals surface area contributed by atoms with Gasteiger partial charge in [-0.1, -0.05) is 15.9 Å². The molecular formula is C13H10BrNO2. The van der Waals surface area contributed by atoms with Gasteiger partial charge in [-0.3, -0.25) is 0 Å². The number of halogens is 1. The van der Waals surface area contributed by atoms with Crippen molar-refractivity contribution < 1.29 is 9.90 Å². The number of rotatable bonds is 2. The molecule has 2 saturated carbocycles. The smallest absolute Gasteiger partial charge is 0.336 e. The fourth-order valence-corrected chi connectivity index (χ4v) is 3.19. The van der Waals surface area contributed by atoms with Crippen LogP contribution in [0.2, 0.25) is 0 Å². The lowest BCUT2D eigenvalue weighted by molar-refractivity contribution is 0.0695. The Hall–Kier alpha value is -1.34. The Bertz CT molecular complexity index is 571. The van der Waals surface area contributed by atoms with Crippen molar-refractivity contribution >= 4 is 21.9 Å². The van der Waals surface area contributed by atoms with E-state index in [2.05, 4.69) is 20.8 Å². The Labute approximate surface area is 107 Å². The molecular weight excluding hydrogens is 282 g/mol. The molecule has 0 aromatic heterocycles. The van der Waals surface area contributed by atoms with Crippen LogP contribution in [0.5, 0.6) is 0 Å². The van der Waals surface area contributed by atoms with Gasteiger partial charge in [0.05, 0.1) is 16.5 Å². The second-order valence-electron chi connectivity index (χ2n) is 4.92. The van der Waals surface area contributed by atoms with Crippen LogP contribution >= 0.6 is 15.9 Å². The maximum absolute atomic E-state index is 11.2. The summed E-state index contributed by atoms with van der Waals surface area (Å²) in [7, 11) is 0. The number of hydrogen-bond acceptors (Lipinski definition) is 1. The first-order valence-electron chi connectivity index (χ1n) is 5.47. The Morgan fingerprint density at radius 1 is 1.47 bits per heavy atom. The van der Waals surface area contributed by atoms with Gasteiger partial charge >= 0.3 is 5.97 Å². The first-order valence-corrected chi connectivity index (χ1v) is 6.26. The van der Waals surface area contributed by atoms with Crippen LogP contribution in [0.3, 0.4) is 0 Å². The molecule has 1 N–H and O–H groups in total. The van der Waals surface area contributed by atoms with Crippen molar-refractivity contribution in [1.29, 1.82) is 0 Å². The fourth-order valence-electron chi connectivity index (χ4n) is 2.83. The third-order valence-corrected chi connectivity index (χ3v) is 4.54. The third-order valence-electron chi connectivity index (χ3n) is 4.05. The molecule has 17 heavy (non-hydrogen) atoms. The monoisotopic (exact) mass is 291 g/mol. The summed E-state index contributed by atoms with van der Waals surface area (Å²) in [5, 5.41) is 9.22. The van der Waals surface area contributed by atoms with Crippen molar-refractivity contribution in [1.82, 2.24) is 0 Å². The molecule has 0 heterocycles. The summed E-state index contributed by atoms with van der Waals surface area (Å²) >= 11 is 3.36. The van der Waals surface area contributed by atoms with Gasteiger partial charge in [0, 0.05) is 10.9 Å². The van der Waals surface area contributed by atoms with E-state index in [1.165, 1.54) is 0 Å². The van der Waals surface area contributed by atoms with E-state index < -0.39 is 11.5 Å². The van der Waals surface area contributed by atoms with Gasteiger partial charge in [-0.05, 0) is 31.0 Å². The molecule has 1 unspecified atom stereocenters. The molecule has 0 amide bonds. The maximum Gasteiger partial charge on any atom is 0.336 e. The van der Waals surface area contributed by atoms with Gasteiger partial charge in [-0.2, -0.15) is 0 Å². The number of carboxylic acids is 1. The average Bonchev–Trinajstić information content (AvgIpc) is 3.18. The summed E-state index contributed by atoms with van der Waals surface area (Å²) in [6.45, 7) is 7.43. The lowest BCUT2D eigenvalue weighted by atomic mass is 9.96. The van der Waals surface area contributed by atoms with Crippen LogP contribution in [-0.4, -0.2) is 11.1 Å². The van der Waals surface area contributed by atoms with E-state index >= 15 is 0 Å². The van der Waals surface area contributed by atoms with Gasteiger partial charge in [-0.15, -0.1) is 0 Å². The highest BCUT2D eigenvalue weighted by Crippen LogP contribution is 2.79. The predicted molar refractivity (Wildman–Crippen MR) is 65.7 cm³/mol. The van der Waals surface area contributed by atoms with E-state index in [0.29, 0.717) is 5.56 Å². The quantitative estimate of drug-likeness (QED) is 0.848. The zero-order valence-corrected chi connectivity index (χ0v) is 10.6. The molecule has 2 fully saturated rings. The standard InChI is InChI=1S/C13H10BrNO2/c1-15-13(7-12(13)4-5-12)10-6-8(14)2-3-9(10)11(16)17/h2-3,6H,4-5,7H2,(H,16,17). The van der Waals surface area contributed by atoms with E-state index in [4.69, 9.17) is 6.57 Å². The number of aromatic carboxylic acids is 1. The van der Waals surface area contributed by atoms with Crippen LogP contribution in [-0.2, 0) is 5.54 Å². The minimum Gasteiger partial charge on any atom is -0.478 e. The van der Waals surface area contributed by atoms with E-state index in [9.17, 15) is 9.90 Å².